The first-order valence-corrected chi connectivity index (χ1v) is 9.73. The Bertz CT molecular complexity index is 998. The number of hydrogen-bond donors (Lipinski definition) is 1. The molecule has 2 aromatic rings. The second-order valence-corrected chi connectivity index (χ2v) is 7.88. The molecule has 2 aromatic carbocycles. The smallest absolute Gasteiger partial charge is 0.255 e. The monoisotopic (exact) mass is 372 g/mol. The number of amides is 3. The van der Waals surface area contributed by atoms with Crippen molar-refractivity contribution in [2.24, 2.45) is 0 Å². The predicted molar refractivity (Wildman–Crippen MR) is 95.7 cm³/mol. The van der Waals surface area contributed by atoms with Crippen LogP contribution in [0.3, 0.4) is 0 Å². The number of para-hydroxylation sites is 1. The molecule has 0 bridgehead atoms. The van der Waals surface area contributed by atoms with Crippen molar-refractivity contribution in [3.05, 3.63) is 54.1 Å². The number of carbonyl (C=O) groups excluding carboxylic acids is 3. The van der Waals surface area contributed by atoms with Gasteiger partial charge in [0.25, 0.3) is 5.91 Å². The molecule has 0 aromatic heterocycles. The van der Waals surface area contributed by atoms with Crippen LogP contribution in [-0.4, -0.2) is 32.4 Å². The highest BCUT2D eigenvalue weighted by Crippen LogP contribution is 2.25. The fraction of sp³-hybridized carbons (Fsp3) is 0.167. The van der Waals surface area contributed by atoms with E-state index in [2.05, 4.69) is 5.32 Å². The first-order valence-electron chi connectivity index (χ1n) is 7.83. The third kappa shape index (κ3) is 3.50. The number of nitrogens with zero attached hydrogens (tertiary/aromatic N) is 1. The summed E-state index contributed by atoms with van der Waals surface area (Å²) in [7, 11) is -3.51. The zero-order chi connectivity index (χ0) is 18.9. The Balaban J connectivity index is 1.90. The van der Waals surface area contributed by atoms with Crippen molar-refractivity contribution in [2.45, 2.75) is 17.7 Å². The van der Waals surface area contributed by atoms with Gasteiger partial charge in [-0.2, -0.15) is 0 Å². The summed E-state index contributed by atoms with van der Waals surface area (Å²) < 4.78 is 23.7. The number of benzene rings is 2. The Labute approximate surface area is 150 Å². The summed E-state index contributed by atoms with van der Waals surface area (Å²) in [6.07, 6.45) is 1.36. The van der Waals surface area contributed by atoms with E-state index in [9.17, 15) is 22.8 Å². The van der Waals surface area contributed by atoms with E-state index in [4.69, 9.17) is 0 Å². The summed E-state index contributed by atoms with van der Waals surface area (Å²) in [6.45, 7) is 0. The number of carbonyl (C=O) groups is 3. The average Bonchev–Trinajstić information content (AvgIpc) is 2.93. The van der Waals surface area contributed by atoms with Crippen LogP contribution in [0.1, 0.15) is 23.2 Å². The molecule has 3 rings (SSSR count). The molecule has 0 atom stereocenters. The summed E-state index contributed by atoms with van der Waals surface area (Å²) in [5, 5.41) is 2.57. The molecule has 7 nitrogen and oxygen atoms in total. The Kier molecular flexibility index (Phi) is 4.60. The third-order valence-electron chi connectivity index (χ3n) is 3.95. The van der Waals surface area contributed by atoms with Gasteiger partial charge in [-0.15, -0.1) is 0 Å². The lowest BCUT2D eigenvalue weighted by Crippen LogP contribution is -2.28. The van der Waals surface area contributed by atoms with E-state index in [1.54, 1.807) is 24.3 Å². The highest BCUT2D eigenvalue weighted by atomic mass is 32.2. The van der Waals surface area contributed by atoms with Crippen LogP contribution in [0.2, 0.25) is 0 Å². The number of rotatable bonds is 4. The molecule has 0 aliphatic carbocycles. The molecular weight excluding hydrogens is 356 g/mol. The Morgan fingerprint density at radius 1 is 1.00 bits per heavy atom. The maximum absolute atomic E-state index is 12.5. The van der Waals surface area contributed by atoms with Gasteiger partial charge in [0.1, 0.15) is 0 Å². The van der Waals surface area contributed by atoms with Gasteiger partial charge in [-0.3, -0.25) is 19.3 Å². The van der Waals surface area contributed by atoms with Crippen molar-refractivity contribution in [3.63, 3.8) is 0 Å². The maximum atomic E-state index is 12.5. The van der Waals surface area contributed by atoms with Gasteiger partial charge < -0.3 is 5.32 Å². The van der Waals surface area contributed by atoms with Crippen molar-refractivity contribution in [1.82, 2.24) is 0 Å². The molecule has 8 heteroatoms. The second-order valence-electron chi connectivity index (χ2n) is 5.90. The van der Waals surface area contributed by atoms with Crippen molar-refractivity contribution in [2.75, 3.05) is 16.5 Å². The molecule has 26 heavy (non-hydrogen) atoms. The summed E-state index contributed by atoms with van der Waals surface area (Å²) >= 11 is 0. The SMILES string of the molecule is CS(=O)(=O)c1ccccc1NC(=O)c1cccc(N2C(=O)CCC2=O)c1. The van der Waals surface area contributed by atoms with Gasteiger partial charge in [0.2, 0.25) is 11.8 Å². The highest BCUT2D eigenvalue weighted by molar-refractivity contribution is 7.90. The van der Waals surface area contributed by atoms with Gasteiger partial charge in [-0.05, 0) is 30.3 Å². The van der Waals surface area contributed by atoms with Gasteiger partial charge in [0.05, 0.1) is 16.3 Å². The lowest BCUT2D eigenvalue weighted by molar-refractivity contribution is -0.121. The Morgan fingerprint density at radius 3 is 2.31 bits per heavy atom. The van der Waals surface area contributed by atoms with Gasteiger partial charge in [-0.1, -0.05) is 18.2 Å². The molecule has 0 saturated carbocycles. The van der Waals surface area contributed by atoms with Gasteiger partial charge >= 0.3 is 0 Å². The Morgan fingerprint density at radius 2 is 1.65 bits per heavy atom. The van der Waals surface area contributed by atoms with E-state index in [0.717, 1.165) is 11.2 Å². The van der Waals surface area contributed by atoms with Crippen LogP contribution in [0.15, 0.2) is 53.4 Å². The lowest BCUT2D eigenvalue weighted by atomic mass is 10.1. The number of anilines is 2. The topological polar surface area (TPSA) is 101 Å². The second kappa shape index (κ2) is 6.72. The summed E-state index contributed by atoms with van der Waals surface area (Å²) in [4.78, 5) is 37.3. The predicted octanol–water partition coefficient (Wildman–Crippen LogP) is 2.00. The number of hydrogen-bond acceptors (Lipinski definition) is 5. The summed E-state index contributed by atoms with van der Waals surface area (Å²) in [5.74, 6) is -1.16. The first kappa shape index (κ1) is 17.8. The third-order valence-corrected chi connectivity index (χ3v) is 5.11. The largest absolute Gasteiger partial charge is 0.321 e. The molecule has 1 heterocycles. The molecule has 0 unspecified atom stereocenters. The maximum Gasteiger partial charge on any atom is 0.255 e. The van der Waals surface area contributed by atoms with Crippen LogP contribution in [-0.2, 0) is 19.4 Å². The molecule has 1 saturated heterocycles. The number of nitrogens with one attached hydrogen (secondary N) is 1. The van der Waals surface area contributed by atoms with E-state index >= 15 is 0 Å². The van der Waals surface area contributed by atoms with Crippen LogP contribution in [0.5, 0.6) is 0 Å². The van der Waals surface area contributed by atoms with Gasteiger partial charge in [0, 0.05) is 24.7 Å². The zero-order valence-electron chi connectivity index (χ0n) is 13.9. The van der Waals surface area contributed by atoms with E-state index in [1.165, 1.54) is 24.3 Å². The minimum Gasteiger partial charge on any atom is -0.321 e. The zero-order valence-corrected chi connectivity index (χ0v) is 14.7. The normalized spacial score (nSPS) is 14.6. The van der Waals surface area contributed by atoms with Crippen LogP contribution in [0, 0.1) is 0 Å². The molecule has 1 fully saturated rings. The fourth-order valence-corrected chi connectivity index (χ4v) is 3.58. The molecule has 1 N–H and O–H groups in total. The van der Waals surface area contributed by atoms with Crippen LogP contribution >= 0.6 is 0 Å². The molecule has 3 amide bonds. The minimum atomic E-state index is -3.51. The van der Waals surface area contributed by atoms with Crippen LogP contribution in [0.25, 0.3) is 0 Å². The van der Waals surface area contributed by atoms with Crippen molar-refractivity contribution in [1.29, 1.82) is 0 Å². The van der Waals surface area contributed by atoms with Crippen molar-refractivity contribution < 1.29 is 22.8 Å². The van der Waals surface area contributed by atoms with Crippen molar-refractivity contribution in [3.8, 4) is 0 Å². The highest BCUT2D eigenvalue weighted by Gasteiger charge is 2.30. The van der Waals surface area contributed by atoms with E-state index in [1.807, 2.05) is 0 Å². The molecule has 0 spiro atoms. The number of sulfone groups is 1. The van der Waals surface area contributed by atoms with Gasteiger partial charge in [-0.25, -0.2) is 8.42 Å². The summed E-state index contributed by atoms with van der Waals surface area (Å²) in [6, 6.07) is 12.2. The minimum absolute atomic E-state index is 0.00871. The fourth-order valence-electron chi connectivity index (χ4n) is 2.74. The standard InChI is InChI=1S/C18H16N2O5S/c1-26(24,25)15-8-3-2-7-14(15)19-18(23)12-5-4-6-13(11-12)20-16(21)9-10-17(20)22/h2-8,11H,9-10H2,1H3,(H,19,23). The molecule has 1 aliphatic rings. The molecular formula is C18H16N2O5S. The average molecular weight is 372 g/mol. The lowest BCUT2D eigenvalue weighted by Gasteiger charge is -2.15. The number of imide groups is 1. The van der Waals surface area contributed by atoms with E-state index in [-0.39, 0.29) is 40.8 Å². The molecule has 1 aliphatic heterocycles. The summed E-state index contributed by atoms with van der Waals surface area (Å²) in [5.41, 5.74) is 0.693. The first-order chi connectivity index (χ1) is 12.3. The quantitative estimate of drug-likeness (QED) is 0.827. The van der Waals surface area contributed by atoms with Crippen LogP contribution < -0.4 is 10.2 Å². The molecule has 134 valence electrons. The van der Waals surface area contributed by atoms with Crippen molar-refractivity contribution >= 4 is 38.9 Å². The van der Waals surface area contributed by atoms with E-state index < -0.39 is 15.7 Å². The Hall–Kier alpha value is -3.00. The van der Waals surface area contributed by atoms with Crippen LogP contribution in [0.4, 0.5) is 11.4 Å². The van der Waals surface area contributed by atoms with E-state index in [0.29, 0.717) is 5.69 Å². The van der Waals surface area contributed by atoms with Gasteiger partial charge in [0.15, 0.2) is 9.84 Å². The molecule has 0 radical (unpaired) electrons.